The molecule has 114 valence electrons. The topological polar surface area (TPSA) is 29.3 Å². The molecular formula is C19H17N3S. The van der Waals surface area contributed by atoms with Crippen LogP contribution in [-0.2, 0) is 0 Å². The maximum absolute atomic E-state index is 4.85. The van der Waals surface area contributed by atoms with Crippen LogP contribution in [0.3, 0.4) is 0 Å². The molecule has 1 N–H and O–H groups in total. The number of nitrogens with one attached hydrogen (secondary N) is 1. The lowest BCUT2D eigenvalue weighted by atomic mass is 10.2. The number of aryl methyl sites for hydroxylation is 2. The summed E-state index contributed by atoms with van der Waals surface area (Å²) in [6.45, 7) is 4.20. The summed E-state index contributed by atoms with van der Waals surface area (Å²) in [6, 6.07) is 16.7. The van der Waals surface area contributed by atoms with E-state index in [1.54, 1.807) is 11.3 Å². The molecule has 0 radical (unpaired) electrons. The Kier molecular flexibility index (Phi) is 3.39. The van der Waals surface area contributed by atoms with Gasteiger partial charge in [-0.05, 0) is 54.6 Å². The van der Waals surface area contributed by atoms with Crippen LogP contribution in [-0.4, -0.2) is 9.38 Å². The van der Waals surface area contributed by atoms with Gasteiger partial charge < -0.3 is 5.32 Å². The van der Waals surface area contributed by atoms with E-state index >= 15 is 0 Å². The molecule has 0 amide bonds. The average Bonchev–Trinajstić information content (AvgIpc) is 3.17. The van der Waals surface area contributed by atoms with Crippen LogP contribution >= 0.6 is 11.3 Å². The van der Waals surface area contributed by atoms with E-state index in [9.17, 15) is 0 Å². The Morgan fingerprint density at radius 1 is 1.04 bits per heavy atom. The molecule has 0 saturated heterocycles. The van der Waals surface area contributed by atoms with Crippen LogP contribution in [0.1, 0.15) is 11.1 Å². The van der Waals surface area contributed by atoms with Gasteiger partial charge in [-0.3, -0.25) is 4.40 Å². The Morgan fingerprint density at radius 3 is 2.70 bits per heavy atom. The van der Waals surface area contributed by atoms with Crippen LogP contribution in [0.4, 0.5) is 11.5 Å². The number of hydrogen-bond acceptors (Lipinski definition) is 3. The summed E-state index contributed by atoms with van der Waals surface area (Å²) in [7, 11) is 0. The molecule has 0 spiro atoms. The van der Waals surface area contributed by atoms with Gasteiger partial charge in [0.05, 0.1) is 4.88 Å². The quantitative estimate of drug-likeness (QED) is 0.546. The molecule has 0 fully saturated rings. The minimum absolute atomic E-state index is 0.962. The fourth-order valence-electron chi connectivity index (χ4n) is 2.69. The first kappa shape index (κ1) is 14.0. The largest absolute Gasteiger partial charge is 0.339 e. The predicted molar refractivity (Wildman–Crippen MR) is 97.7 cm³/mol. The molecule has 1 aromatic carbocycles. The maximum Gasteiger partial charge on any atom is 0.144 e. The maximum atomic E-state index is 4.85. The standard InChI is InChI=1S/C19H17N3S/c1-13-9-10-22-17(12-13)21-18(16-8-5-11-23-16)19(22)20-15-7-4-3-6-14(15)2/h3-12,20H,1-2H3. The third-order valence-corrected chi connectivity index (χ3v) is 4.81. The van der Waals surface area contributed by atoms with Gasteiger partial charge in [0.2, 0.25) is 0 Å². The van der Waals surface area contributed by atoms with E-state index in [4.69, 9.17) is 4.98 Å². The lowest BCUT2D eigenvalue weighted by molar-refractivity contribution is 1.17. The van der Waals surface area contributed by atoms with Gasteiger partial charge in [-0.2, -0.15) is 0 Å². The second kappa shape index (κ2) is 5.56. The van der Waals surface area contributed by atoms with E-state index < -0.39 is 0 Å². The summed E-state index contributed by atoms with van der Waals surface area (Å²) in [6.07, 6.45) is 2.08. The van der Waals surface area contributed by atoms with Crippen molar-refractivity contribution in [2.45, 2.75) is 13.8 Å². The van der Waals surface area contributed by atoms with Crippen molar-refractivity contribution in [3.05, 3.63) is 71.2 Å². The highest BCUT2D eigenvalue weighted by Gasteiger charge is 2.15. The zero-order chi connectivity index (χ0) is 15.8. The van der Waals surface area contributed by atoms with E-state index in [0.29, 0.717) is 0 Å². The minimum Gasteiger partial charge on any atom is -0.339 e. The van der Waals surface area contributed by atoms with Crippen molar-refractivity contribution in [3.63, 3.8) is 0 Å². The Labute approximate surface area is 139 Å². The normalized spacial score (nSPS) is 11.0. The number of rotatable bonds is 3. The Morgan fingerprint density at radius 2 is 1.91 bits per heavy atom. The summed E-state index contributed by atoms with van der Waals surface area (Å²) < 4.78 is 2.12. The highest BCUT2D eigenvalue weighted by atomic mass is 32.1. The monoisotopic (exact) mass is 319 g/mol. The lowest BCUT2D eigenvalue weighted by Crippen LogP contribution is -1.98. The lowest BCUT2D eigenvalue weighted by Gasteiger charge is -2.10. The minimum atomic E-state index is 0.962. The number of anilines is 2. The highest BCUT2D eigenvalue weighted by Crippen LogP contribution is 2.34. The average molecular weight is 319 g/mol. The molecule has 0 unspecified atom stereocenters. The van der Waals surface area contributed by atoms with Gasteiger partial charge in [0, 0.05) is 11.9 Å². The van der Waals surface area contributed by atoms with E-state index in [2.05, 4.69) is 77.6 Å². The number of nitrogens with zero attached hydrogens (tertiary/aromatic N) is 2. The van der Waals surface area contributed by atoms with Crippen molar-refractivity contribution in [1.82, 2.24) is 9.38 Å². The van der Waals surface area contributed by atoms with E-state index in [1.165, 1.54) is 16.0 Å². The molecule has 0 aliphatic heterocycles. The molecule has 4 heteroatoms. The third kappa shape index (κ3) is 2.51. The van der Waals surface area contributed by atoms with Crippen LogP contribution in [0.25, 0.3) is 16.2 Å². The van der Waals surface area contributed by atoms with Crippen LogP contribution in [0.5, 0.6) is 0 Å². The molecule has 0 bridgehead atoms. The molecule has 0 aliphatic rings. The van der Waals surface area contributed by atoms with Gasteiger partial charge in [-0.15, -0.1) is 11.3 Å². The number of imidazole rings is 1. The molecule has 0 saturated carbocycles. The first-order valence-electron chi connectivity index (χ1n) is 7.57. The van der Waals surface area contributed by atoms with Crippen LogP contribution < -0.4 is 5.32 Å². The van der Waals surface area contributed by atoms with Gasteiger partial charge in [0.15, 0.2) is 0 Å². The van der Waals surface area contributed by atoms with E-state index in [-0.39, 0.29) is 0 Å². The molecular weight excluding hydrogens is 302 g/mol. The van der Waals surface area contributed by atoms with Crippen molar-refractivity contribution in [3.8, 4) is 10.6 Å². The smallest absolute Gasteiger partial charge is 0.144 e. The molecule has 0 atom stereocenters. The molecule has 4 aromatic rings. The summed E-state index contributed by atoms with van der Waals surface area (Å²) >= 11 is 1.71. The summed E-state index contributed by atoms with van der Waals surface area (Å²) in [4.78, 5) is 6.02. The summed E-state index contributed by atoms with van der Waals surface area (Å²) in [5.74, 6) is 1.01. The first-order valence-corrected chi connectivity index (χ1v) is 8.45. The van der Waals surface area contributed by atoms with Crippen molar-refractivity contribution in [2.24, 2.45) is 0 Å². The van der Waals surface area contributed by atoms with Crippen molar-refractivity contribution >= 4 is 28.5 Å². The number of benzene rings is 1. The van der Waals surface area contributed by atoms with Crippen molar-refractivity contribution in [2.75, 3.05) is 5.32 Å². The van der Waals surface area contributed by atoms with Crippen molar-refractivity contribution in [1.29, 1.82) is 0 Å². The second-order valence-electron chi connectivity index (χ2n) is 5.66. The Balaban J connectivity index is 1.92. The van der Waals surface area contributed by atoms with Crippen LogP contribution in [0.2, 0.25) is 0 Å². The van der Waals surface area contributed by atoms with Gasteiger partial charge in [-0.25, -0.2) is 4.98 Å². The second-order valence-corrected chi connectivity index (χ2v) is 6.61. The number of pyridine rings is 1. The number of aromatic nitrogens is 2. The zero-order valence-corrected chi connectivity index (χ0v) is 13.9. The highest BCUT2D eigenvalue weighted by molar-refractivity contribution is 7.13. The SMILES string of the molecule is Cc1ccn2c(Nc3ccccc3C)c(-c3cccs3)nc2c1. The fourth-order valence-corrected chi connectivity index (χ4v) is 3.41. The Bertz CT molecular complexity index is 968. The summed E-state index contributed by atoms with van der Waals surface area (Å²) in [5.41, 5.74) is 5.49. The number of fused-ring (bicyclic) bond motifs is 1. The van der Waals surface area contributed by atoms with Gasteiger partial charge >= 0.3 is 0 Å². The van der Waals surface area contributed by atoms with Gasteiger partial charge in [0.25, 0.3) is 0 Å². The van der Waals surface area contributed by atoms with Gasteiger partial charge in [0.1, 0.15) is 17.2 Å². The summed E-state index contributed by atoms with van der Waals surface area (Å²) in [5, 5.41) is 5.66. The Hall–Kier alpha value is -2.59. The zero-order valence-electron chi connectivity index (χ0n) is 13.1. The van der Waals surface area contributed by atoms with Crippen LogP contribution in [0.15, 0.2) is 60.1 Å². The number of thiophene rings is 1. The molecule has 23 heavy (non-hydrogen) atoms. The van der Waals surface area contributed by atoms with Crippen molar-refractivity contribution < 1.29 is 0 Å². The number of hydrogen-bond donors (Lipinski definition) is 1. The molecule has 0 aliphatic carbocycles. The van der Waals surface area contributed by atoms with Gasteiger partial charge in [-0.1, -0.05) is 24.3 Å². The third-order valence-electron chi connectivity index (χ3n) is 3.93. The predicted octanol–water partition coefficient (Wildman–Crippen LogP) is 5.42. The molecule has 3 heterocycles. The van der Waals surface area contributed by atoms with E-state index in [0.717, 1.165) is 22.8 Å². The van der Waals surface area contributed by atoms with E-state index in [1.807, 2.05) is 6.07 Å². The first-order chi connectivity index (χ1) is 11.2. The molecule has 3 nitrogen and oxygen atoms in total. The number of para-hydroxylation sites is 1. The molecule has 3 aromatic heterocycles. The fraction of sp³-hybridized carbons (Fsp3) is 0.105. The molecule has 4 rings (SSSR count). The van der Waals surface area contributed by atoms with Crippen LogP contribution in [0, 0.1) is 13.8 Å².